The van der Waals surface area contributed by atoms with E-state index in [2.05, 4.69) is 0 Å². The first-order chi connectivity index (χ1) is 20.5. The number of hydrogen-bond acceptors (Lipinski definition) is 4. The van der Waals surface area contributed by atoms with Crippen LogP contribution < -0.4 is 9.47 Å². The van der Waals surface area contributed by atoms with Crippen molar-refractivity contribution in [2.45, 2.75) is 50.3 Å². The van der Waals surface area contributed by atoms with Gasteiger partial charge in [0.15, 0.2) is 0 Å². The number of ether oxygens (including phenoxy) is 2. The smallest absolute Gasteiger partial charge is 0.416 e. The van der Waals surface area contributed by atoms with E-state index in [9.17, 15) is 41.0 Å². The SMILES string of the molecule is CN1C(=O)N(Cc2ccc(C(F)(F)F)cc2)C[C@@H]1CCOc1cccc(C[C@](C)(Oc2ccc(C(F)(F)F)cc2)C(=O)O)c1. The highest BCUT2D eigenvalue weighted by molar-refractivity contribution is 5.78. The van der Waals surface area contributed by atoms with Crippen molar-refractivity contribution in [3.05, 3.63) is 95.1 Å². The predicted octanol–water partition coefficient (Wildman–Crippen LogP) is 6.89. The van der Waals surface area contributed by atoms with Crippen molar-refractivity contribution in [3.63, 3.8) is 0 Å². The Morgan fingerprint density at radius 3 is 2.05 bits per heavy atom. The Kier molecular flexibility index (Phi) is 9.36. The molecule has 3 aromatic carbocycles. The summed E-state index contributed by atoms with van der Waals surface area (Å²) in [6.07, 6.45) is -8.63. The quantitative estimate of drug-likeness (QED) is 0.235. The van der Waals surface area contributed by atoms with Gasteiger partial charge in [-0.15, -0.1) is 0 Å². The summed E-state index contributed by atoms with van der Waals surface area (Å²) in [5.41, 5.74) is -2.31. The number of nitrogens with zero attached hydrogens (tertiary/aromatic N) is 2. The lowest BCUT2D eigenvalue weighted by Gasteiger charge is -2.27. The summed E-state index contributed by atoms with van der Waals surface area (Å²) in [5, 5.41) is 9.86. The van der Waals surface area contributed by atoms with E-state index in [1.807, 2.05) is 0 Å². The predicted molar refractivity (Wildman–Crippen MR) is 147 cm³/mol. The number of amides is 2. The van der Waals surface area contributed by atoms with Crippen molar-refractivity contribution in [2.24, 2.45) is 0 Å². The summed E-state index contributed by atoms with van der Waals surface area (Å²) in [6, 6.07) is 14.6. The van der Waals surface area contributed by atoms with Crippen LogP contribution in [-0.4, -0.2) is 58.7 Å². The van der Waals surface area contributed by atoms with Gasteiger partial charge in [-0.05, 0) is 66.6 Å². The van der Waals surface area contributed by atoms with Gasteiger partial charge in [0.25, 0.3) is 0 Å². The number of urea groups is 1. The fourth-order valence-electron chi connectivity index (χ4n) is 4.85. The van der Waals surface area contributed by atoms with Gasteiger partial charge in [-0.25, -0.2) is 9.59 Å². The Morgan fingerprint density at radius 1 is 0.886 bits per heavy atom. The van der Waals surface area contributed by atoms with Crippen LogP contribution >= 0.6 is 0 Å². The molecule has 7 nitrogen and oxygen atoms in total. The molecule has 0 spiro atoms. The first-order valence-electron chi connectivity index (χ1n) is 13.5. The minimum atomic E-state index is -4.54. The minimum absolute atomic E-state index is 0.0297. The number of carboxylic acid groups (broad SMARTS) is 1. The van der Waals surface area contributed by atoms with Crippen LogP contribution in [0, 0.1) is 0 Å². The fraction of sp³-hybridized carbons (Fsp3) is 0.355. The van der Waals surface area contributed by atoms with Crippen LogP contribution in [0.1, 0.15) is 35.6 Å². The Morgan fingerprint density at radius 2 is 1.48 bits per heavy atom. The van der Waals surface area contributed by atoms with Crippen LogP contribution in [0.25, 0.3) is 0 Å². The number of rotatable bonds is 11. The zero-order valence-corrected chi connectivity index (χ0v) is 23.8. The van der Waals surface area contributed by atoms with Crippen molar-refractivity contribution in [1.29, 1.82) is 0 Å². The molecule has 1 N–H and O–H groups in total. The second-order valence-electron chi connectivity index (χ2n) is 10.7. The largest absolute Gasteiger partial charge is 0.494 e. The average Bonchev–Trinajstić information content (AvgIpc) is 3.20. The Balaban J connectivity index is 1.32. The Labute approximate surface area is 249 Å². The summed E-state index contributed by atoms with van der Waals surface area (Å²) in [7, 11) is 1.64. The molecule has 0 radical (unpaired) electrons. The molecule has 0 aliphatic carbocycles. The van der Waals surface area contributed by atoms with Crippen molar-refractivity contribution in [3.8, 4) is 11.5 Å². The number of alkyl halides is 6. The van der Waals surface area contributed by atoms with E-state index < -0.39 is 35.0 Å². The third-order valence-electron chi connectivity index (χ3n) is 7.34. The molecule has 0 aromatic heterocycles. The molecule has 44 heavy (non-hydrogen) atoms. The number of benzene rings is 3. The topological polar surface area (TPSA) is 79.3 Å². The molecule has 1 saturated heterocycles. The second kappa shape index (κ2) is 12.7. The van der Waals surface area contributed by atoms with Gasteiger partial charge < -0.3 is 24.4 Å². The van der Waals surface area contributed by atoms with Crippen molar-refractivity contribution in [1.82, 2.24) is 9.80 Å². The van der Waals surface area contributed by atoms with Crippen LogP contribution in [0.5, 0.6) is 11.5 Å². The van der Waals surface area contributed by atoms with Crippen molar-refractivity contribution in [2.75, 3.05) is 20.2 Å². The molecular weight excluding hydrogens is 594 g/mol. The molecule has 236 valence electrons. The molecule has 3 aromatic rings. The molecule has 2 atom stereocenters. The van der Waals surface area contributed by atoms with Gasteiger partial charge in [0.05, 0.1) is 23.8 Å². The Bertz CT molecular complexity index is 1460. The van der Waals surface area contributed by atoms with E-state index in [0.717, 1.165) is 36.4 Å². The molecule has 2 amide bonds. The average molecular weight is 625 g/mol. The first kappa shape index (κ1) is 32.5. The summed E-state index contributed by atoms with van der Waals surface area (Å²) < 4.78 is 88.6. The third kappa shape index (κ3) is 7.94. The van der Waals surface area contributed by atoms with Crippen LogP contribution in [-0.2, 0) is 30.1 Å². The van der Waals surface area contributed by atoms with Gasteiger partial charge in [0.1, 0.15) is 11.5 Å². The van der Waals surface area contributed by atoms with E-state index in [0.29, 0.717) is 29.8 Å². The molecule has 1 aliphatic heterocycles. The minimum Gasteiger partial charge on any atom is -0.494 e. The number of carboxylic acids is 1. The third-order valence-corrected chi connectivity index (χ3v) is 7.34. The van der Waals surface area contributed by atoms with E-state index in [1.165, 1.54) is 19.1 Å². The summed E-state index contributed by atoms with van der Waals surface area (Å²) in [6.45, 7) is 2.07. The molecule has 0 saturated carbocycles. The lowest BCUT2D eigenvalue weighted by molar-refractivity contribution is -0.153. The van der Waals surface area contributed by atoms with Crippen LogP contribution in [0.3, 0.4) is 0 Å². The van der Waals surface area contributed by atoms with E-state index >= 15 is 0 Å². The first-order valence-corrected chi connectivity index (χ1v) is 13.5. The lowest BCUT2D eigenvalue weighted by atomic mass is 9.96. The van der Waals surface area contributed by atoms with Crippen LogP contribution in [0.15, 0.2) is 72.8 Å². The van der Waals surface area contributed by atoms with Gasteiger partial charge >= 0.3 is 24.4 Å². The van der Waals surface area contributed by atoms with Crippen LogP contribution in [0.2, 0.25) is 0 Å². The van der Waals surface area contributed by atoms with Gasteiger partial charge in [0.2, 0.25) is 5.60 Å². The molecule has 1 heterocycles. The summed E-state index contributed by atoms with van der Waals surface area (Å²) in [5.74, 6) is -0.894. The standard InChI is InChI=1S/C31H30F6N2O5/c1-29(27(40)41,44-25-12-10-23(11-13-25)31(35,36)37)17-21-4-3-5-26(16-21)43-15-14-24-19-39(28(42)38(24)2)18-20-6-8-22(9-7-20)30(32,33)34/h3-13,16,24H,14-15,17-19H2,1-2H3,(H,40,41)/t24-,29-/m0/s1. The van der Waals surface area contributed by atoms with Gasteiger partial charge in [0, 0.05) is 33.0 Å². The highest BCUT2D eigenvalue weighted by atomic mass is 19.4. The number of carbonyl (C=O) groups is 2. The molecule has 4 rings (SSSR count). The monoisotopic (exact) mass is 624 g/mol. The Hall–Kier alpha value is -4.42. The van der Waals surface area contributed by atoms with Crippen LogP contribution in [0.4, 0.5) is 31.1 Å². The van der Waals surface area contributed by atoms with E-state index in [1.54, 1.807) is 41.1 Å². The highest BCUT2D eigenvalue weighted by Crippen LogP contribution is 2.32. The molecular formula is C31H30F6N2O5. The maximum absolute atomic E-state index is 12.9. The number of hydrogen-bond donors (Lipinski definition) is 1. The highest BCUT2D eigenvalue weighted by Gasteiger charge is 2.37. The molecule has 13 heteroatoms. The van der Waals surface area contributed by atoms with E-state index in [4.69, 9.17) is 9.47 Å². The normalized spacial score (nSPS) is 17.0. The number of likely N-dealkylation sites (N-methyl/N-ethyl adjacent to an activating group) is 1. The maximum atomic E-state index is 12.9. The van der Waals surface area contributed by atoms with E-state index in [-0.39, 0.29) is 37.4 Å². The lowest BCUT2D eigenvalue weighted by Crippen LogP contribution is -2.43. The summed E-state index contributed by atoms with van der Waals surface area (Å²) >= 11 is 0. The second-order valence-corrected chi connectivity index (χ2v) is 10.7. The van der Waals surface area contributed by atoms with Crippen molar-refractivity contribution >= 4 is 12.0 Å². The fourth-order valence-corrected chi connectivity index (χ4v) is 4.85. The van der Waals surface area contributed by atoms with Gasteiger partial charge in [-0.3, -0.25) is 0 Å². The number of halogens is 6. The maximum Gasteiger partial charge on any atom is 0.416 e. The zero-order valence-electron chi connectivity index (χ0n) is 23.8. The number of carbonyl (C=O) groups excluding carboxylic acids is 1. The van der Waals surface area contributed by atoms with Crippen molar-refractivity contribution < 1.29 is 50.5 Å². The van der Waals surface area contributed by atoms with Gasteiger partial charge in [-0.1, -0.05) is 24.3 Å². The zero-order chi connectivity index (χ0) is 32.3. The molecule has 0 unspecified atom stereocenters. The summed E-state index contributed by atoms with van der Waals surface area (Å²) in [4.78, 5) is 27.9. The molecule has 1 fully saturated rings. The molecule has 0 bridgehead atoms. The van der Waals surface area contributed by atoms with Gasteiger partial charge in [-0.2, -0.15) is 26.3 Å². The molecule has 1 aliphatic rings. The number of aliphatic carboxylic acids is 1.